The van der Waals surface area contributed by atoms with Crippen LogP contribution in [-0.4, -0.2) is 30.3 Å². The van der Waals surface area contributed by atoms with Crippen LogP contribution in [0.4, 0.5) is 0 Å². The Morgan fingerprint density at radius 2 is 1.74 bits per heavy atom. The molecule has 0 bridgehead atoms. The molecule has 0 aliphatic heterocycles. The number of hydrogen-bond donors (Lipinski definition) is 1. The molecule has 0 aromatic heterocycles. The van der Waals surface area contributed by atoms with Crippen molar-refractivity contribution in [2.45, 2.75) is 13.3 Å². The summed E-state index contributed by atoms with van der Waals surface area (Å²) in [5, 5.41) is 9.21. The van der Waals surface area contributed by atoms with Crippen LogP contribution in [-0.2, 0) is 11.2 Å². The SMILES string of the molecule is CCc1cccc(C(=O)O)c1OCCOC(=O)c1ccccc1. The zero-order valence-corrected chi connectivity index (χ0v) is 12.8. The van der Waals surface area contributed by atoms with Crippen LogP contribution in [0, 0.1) is 0 Å². The van der Waals surface area contributed by atoms with E-state index in [4.69, 9.17) is 9.47 Å². The maximum absolute atomic E-state index is 11.8. The summed E-state index contributed by atoms with van der Waals surface area (Å²) in [5.74, 6) is -1.15. The van der Waals surface area contributed by atoms with Crippen molar-refractivity contribution >= 4 is 11.9 Å². The number of para-hydroxylation sites is 1. The molecule has 0 aliphatic rings. The summed E-state index contributed by atoms with van der Waals surface area (Å²) in [5.41, 5.74) is 1.38. The van der Waals surface area contributed by atoms with Gasteiger partial charge in [-0.2, -0.15) is 0 Å². The number of carbonyl (C=O) groups excluding carboxylic acids is 1. The topological polar surface area (TPSA) is 72.8 Å². The van der Waals surface area contributed by atoms with Gasteiger partial charge in [0.05, 0.1) is 5.56 Å². The number of esters is 1. The highest BCUT2D eigenvalue weighted by Gasteiger charge is 2.15. The third-order valence-electron chi connectivity index (χ3n) is 3.28. The van der Waals surface area contributed by atoms with Crippen molar-refractivity contribution in [3.63, 3.8) is 0 Å². The molecule has 5 nitrogen and oxygen atoms in total. The van der Waals surface area contributed by atoms with Gasteiger partial charge in [0.2, 0.25) is 0 Å². The second kappa shape index (κ2) is 7.98. The summed E-state index contributed by atoms with van der Waals surface area (Å²) >= 11 is 0. The van der Waals surface area contributed by atoms with Gasteiger partial charge in [0.15, 0.2) is 0 Å². The van der Waals surface area contributed by atoms with Gasteiger partial charge in [0.25, 0.3) is 0 Å². The van der Waals surface area contributed by atoms with Gasteiger partial charge in [0, 0.05) is 0 Å². The Bertz CT molecular complexity index is 679. The van der Waals surface area contributed by atoms with E-state index >= 15 is 0 Å². The molecule has 23 heavy (non-hydrogen) atoms. The van der Waals surface area contributed by atoms with Crippen LogP contribution < -0.4 is 4.74 Å². The largest absolute Gasteiger partial charge is 0.489 e. The van der Waals surface area contributed by atoms with E-state index in [1.807, 2.05) is 19.1 Å². The number of rotatable bonds is 7. The smallest absolute Gasteiger partial charge is 0.339 e. The summed E-state index contributed by atoms with van der Waals surface area (Å²) < 4.78 is 10.7. The molecule has 0 aliphatic carbocycles. The molecule has 1 N–H and O–H groups in total. The molecule has 5 heteroatoms. The molecule has 0 atom stereocenters. The lowest BCUT2D eigenvalue weighted by molar-refractivity contribution is 0.0446. The van der Waals surface area contributed by atoms with Crippen LogP contribution in [0.25, 0.3) is 0 Å². The van der Waals surface area contributed by atoms with Gasteiger partial charge in [-0.1, -0.05) is 37.3 Å². The first-order valence-electron chi connectivity index (χ1n) is 7.33. The molecule has 0 unspecified atom stereocenters. The molecule has 0 saturated heterocycles. The molecule has 120 valence electrons. The number of carboxylic acids is 1. The predicted octanol–water partition coefficient (Wildman–Crippen LogP) is 3.18. The van der Waals surface area contributed by atoms with Crippen LogP contribution in [0.3, 0.4) is 0 Å². The van der Waals surface area contributed by atoms with Gasteiger partial charge in [-0.25, -0.2) is 9.59 Å². The average molecular weight is 314 g/mol. The third-order valence-corrected chi connectivity index (χ3v) is 3.28. The molecule has 0 amide bonds. The lowest BCUT2D eigenvalue weighted by Crippen LogP contribution is -2.14. The van der Waals surface area contributed by atoms with E-state index < -0.39 is 11.9 Å². The fourth-order valence-electron chi connectivity index (χ4n) is 2.14. The summed E-state index contributed by atoms with van der Waals surface area (Å²) in [7, 11) is 0. The van der Waals surface area contributed by atoms with E-state index in [-0.39, 0.29) is 18.8 Å². The van der Waals surface area contributed by atoms with Crippen LogP contribution >= 0.6 is 0 Å². The fraction of sp³-hybridized carbons (Fsp3) is 0.222. The molecular formula is C18H18O5. The summed E-state index contributed by atoms with van der Waals surface area (Å²) in [4.78, 5) is 23.0. The first-order valence-corrected chi connectivity index (χ1v) is 7.33. The van der Waals surface area contributed by atoms with Gasteiger partial charge >= 0.3 is 11.9 Å². The Morgan fingerprint density at radius 1 is 1.00 bits per heavy atom. The van der Waals surface area contributed by atoms with Gasteiger partial charge in [-0.05, 0) is 30.2 Å². The molecule has 0 heterocycles. The molecule has 0 fully saturated rings. The summed E-state index contributed by atoms with van der Waals surface area (Å²) in [6, 6.07) is 13.6. The summed E-state index contributed by atoms with van der Waals surface area (Å²) in [6.07, 6.45) is 0.653. The van der Waals surface area contributed by atoms with Gasteiger partial charge in [-0.15, -0.1) is 0 Å². The zero-order chi connectivity index (χ0) is 16.7. The molecule has 0 spiro atoms. The number of ether oxygens (including phenoxy) is 2. The fourth-order valence-corrected chi connectivity index (χ4v) is 2.14. The van der Waals surface area contributed by atoms with Gasteiger partial charge in [-0.3, -0.25) is 0 Å². The van der Waals surface area contributed by atoms with Crippen molar-refractivity contribution in [1.29, 1.82) is 0 Å². The van der Waals surface area contributed by atoms with Crippen molar-refractivity contribution in [3.05, 3.63) is 65.2 Å². The molecule has 0 saturated carbocycles. The highest BCUT2D eigenvalue weighted by molar-refractivity contribution is 5.91. The van der Waals surface area contributed by atoms with Crippen molar-refractivity contribution in [3.8, 4) is 5.75 Å². The summed E-state index contributed by atoms with van der Waals surface area (Å²) in [6.45, 7) is 2.06. The van der Waals surface area contributed by atoms with Crippen LogP contribution in [0.1, 0.15) is 33.2 Å². The Balaban J connectivity index is 1.94. The Morgan fingerprint density at radius 3 is 2.39 bits per heavy atom. The maximum Gasteiger partial charge on any atom is 0.339 e. The Hall–Kier alpha value is -2.82. The Labute approximate surface area is 134 Å². The normalized spacial score (nSPS) is 10.1. The van der Waals surface area contributed by atoms with Crippen molar-refractivity contribution < 1.29 is 24.2 Å². The highest BCUT2D eigenvalue weighted by Crippen LogP contribution is 2.24. The predicted molar refractivity (Wildman–Crippen MR) is 85.0 cm³/mol. The zero-order valence-electron chi connectivity index (χ0n) is 12.8. The van der Waals surface area contributed by atoms with Crippen LogP contribution in [0.2, 0.25) is 0 Å². The standard InChI is InChI=1S/C18H18O5/c1-2-13-9-6-10-15(17(19)20)16(13)22-11-12-23-18(21)14-7-4-3-5-8-14/h3-10H,2,11-12H2,1H3,(H,19,20). The van der Waals surface area contributed by atoms with E-state index in [2.05, 4.69) is 0 Å². The minimum atomic E-state index is -1.04. The molecule has 0 radical (unpaired) electrons. The number of benzene rings is 2. The average Bonchev–Trinajstić information content (AvgIpc) is 2.58. The van der Waals surface area contributed by atoms with Gasteiger partial charge in [0.1, 0.15) is 24.5 Å². The molecule has 2 rings (SSSR count). The molecule has 2 aromatic carbocycles. The number of hydrogen-bond acceptors (Lipinski definition) is 4. The minimum Gasteiger partial charge on any atom is -0.489 e. The third kappa shape index (κ3) is 4.32. The van der Waals surface area contributed by atoms with E-state index in [0.29, 0.717) is 17.7 Å². The monoisotopic (exact) mass is 314 g/mol. The minimum absolute atomic E-state index is 0.0465. The molecule has 2 aromatic rings. The maximum atomic E-state index is 11.8. The van der Waals surface area contributed by atoms with Crippen molar-refractivity contribution in [2.75, 3.05) is 13.2 Å². The number of aromatic carboxylic acids is 1. The van der Waals surface area contributed by atoms with Crippen LogP contribution in [0.15, 0.2) is 48.5 Å². The van der Waals surface area contributed by atoms with E-state index in [1.165, 1.54) is 6.07 Å². The highest BCUT2D eigenvalue weighted by atomic mass is 16.6. The van der Waals surface area contributed by atoms with E-state index in [0.717, 1.165) is 5.56 Å². The molecular weight excluding hydrogens is 296 g/mol. The van der Waals surface area contributed by atoms with Crippen molar-refractivity contribution in [1.82, 2.24) is 0 Å². The Kier molecular flexibility index (Phi) is 5.74. The number of aryl methyl sites for hydroxylation is 1. The lowest BCUT2D eigenvalue weighted by atomic mass is 10.1. The first-order chi connectivity index (χ1) is 11.1. The first kappa shape index (κ1) is 16.5. The van der Waals surface area contributed by atoms with E-state index in [1.54, 1.807) is 30.3 Å². The number of carbonyl (C=O) groups is 2. The van der Waals surface area contributed by atoms with Crippen LogP contribution in [0.5, 0.6) is 5.75 Å². The lowest BCUT2D eigenvalue weighted by Gasteiger charge is -2.13. The quantitative estimate of drug-likeness (QED) is 0.627. The van der Waals surface area contributed by atoms with E-state index in [9.17, 15) is 14.7 Å². The second-order valence-corrected chi connectivity index (χ2v) is 4.80. The van der Waals surface area contributed by atoms with Crippen molar-refractivity contribution in [2.24, 2.45) is 0 Å². The second-order valence-electron chi connectivity index (χ2n) is 4.80. The van der Waals surface area contributed by atoms with Gasteiger partial charge < -0.3 is 14.6 Å². The number of carboxylic acid groups (broad SMARTS) is 1.